The molecular formula is C15H22N2O2S. The number of carbonyl (C=O) groups excluding carboxylic acids is 2. The second-order valence-electron chi connectivity index (χ2n) is 5.11. The largest absolute Gasteiger partial charge is 0.355 e. The number of rotatable bonds is 4. The van der Waals surface area contributed by atoms with Crippen LogP contribution in [0.25, 0.3) is 0 Å². The summed E-state index contributed by atoms with van der Waals surface area (Å²) in [5.74, 6) is -0.274. The Morgan fingerprint density at radius 2 is 1.90 bits per heavy atom. The number of likely N-dealkylation sites (N-methyl/N-ethyl adjacent to an activating group) is 1. The van der Waals surface area contributed by atoms with Crippen LogP contribution in [-0.4, -0.2) is 24.9 Å². The van der Waals surface area contributed by atoms with E-state index in [0.717, 1.165) is 17.7 Å². The topological polar surface area (TPSA) is 58.2 Å². The van der Waals surface area contributed by atoms with E-state index in [0.29, 0.717) is 6.54 Å². The van der Waals surface area contributed by atoms with E-state index in [2.05, 4.69) is 10.6 Å². The SMILES string of the molecule is CCNC(=O)CNC(=O)c1cc2c(s1)CCCCCC2. The lowest BCUT2D eigenvalue weighted by Crippen LogP contribution is -2.36. The van der Waals surface area contributed by atoms with Gasteiger partial charge in [-0.05, 0) is 44.2 Å². The molecule has 20 heavy (non-hydrogen) atoms. The first-order chi connectivity index (χ1) is 9.70. The maximum absolute atomic E-state index is 12.1. The van der Waals surface area contributed by atoms with Gasteiger partial charge >= 0.3 is 0 Å². The van der Waals surface area contributed by atoms with Crippen LogP contribution in [0.2, 0.25) is 0 Å². The Labute approximate surface area is 124 Å². The molecule has 0 saturated heterocycles. The quantitative estimate of drug-likeness (QED) is 0.895. The summed E-state index contributed by atoms with van der Waals surface area (Å²) in [7, 11) is 0. The van der Waals surface area contributed by atoms with Gasteiger partial charge in [0.15, 0.2) is 0 Å². The normalized spacial score (nSPS) is 14.8. The van der Waals surface area contributed by atoms with Crippen molar-refractivity contribution in [2.75, 3.05) is 13.1 Å². The maximum atomic E-state index is 12.1. The van der Waals surface area contributed by atoms with Gasteiger partial charge in [-0.2, -0.15) is 0 Å². The molecule has 1 heterocycles. The first kappa shape index (κ1) is 15.0. The van der Waals surface area contributed by atoms with E-state index in [-0.39, 0.29) is 18.4 Å². The molecule has 0 spiro atoms. The summed E-state index contributed by atoms with van der Waals surface area (Å²) in [6.45, 7) is 2.50. The van der Waals surface area contributed by atoms with Gasteiger partial charge in [-0.1, -0.05) is 12.8 Å². The Balaban J connectivity index is 1.96. The van der Waals surface area contributed by atoms with Gasteiger partial charge in [0.05, 0.1) is 11.4 Å². The lowest BCUT2D eigenvalue weighted by molar-refractivity contribution is -0.120. The highest BCUT2D eigenvalue weighted by atomic mass is 32.1. The van der Waals surface area contributed by atoms with Crippen LogP contribution in [-0.2, 0) is 17.6 Å². The van der Waals surface area contributed by atoms with Gasteiger partial charge in [-0.3, -0.25) is 9.59 Å². The second-order valence-corrected chi connectivity index (χ2v) is 6.25. The standard InChI is InChI=1S/C15H22N2O2S/c1-2-16-14(18)10-17-15(19)13-9-11-7-5-3-4-6-8-12(11)20-13/h9H,2-8,10H2,1H3,(H,16,18)(H,17,19). The van der Waals surface area contributed by atoms with Crippen molar-refractivity contribution in [1.82, 2.24) is 10.6 Å². The van der Waals surface area contributed by atoms with E-state index in [1.165, 1.54) is 36.1 Å². The summed E-state index contributed by atoms with van der Waals surface area (Å²) in [5.41, 5.74) is 1.33. The predicted octanol–water partition coefficient (Wildman–Crippen LogP) is 2.27. The number of hydrogen-bond donors (Lipinski definition) is 2. The molecule has 4 nitrogen and oxygen atoms in total. The van der Waals surface area contributed by atoms with Gasteiger partial charge in [0.2, 0.25) is 5.91 Å². The Morgan fingerprint density at radius 3 is 2.65 bits per heavy atom. The van der Waals surface area contributed by atoms with E-state index in [1.54, 1.807) is 11.3 Å². The number of amides is 2. The fraction of sp³-hybridized carbons (Fsp3) is 0.600. The molecule has 0 unspecified atom stereocenters. The Morgan fingerprint density at radius 1 is 1.15 bits per heavy atom. The monoisotopic (exact) mass is 294 g/mol. The highest BCUT2D eigenvalue weighted by Gasteiger charge is 2.16. The molecule has 0 radical (unpaired) electrons. The molecule has 1 aromatic rings. The molecule has 2 N–H and O–H groups in total. The smallest absolute Gasteiger partial charge is 0.261 e. The maximum Gasteiger partial charge on any atom is 0.261 e. The van der Waals surface area contributed by atoms with Crippen molar-refractivity contribution in [1.29, 1.82) is 0 Å². The fourth-order valence-electron chi connectivity index (χ4n) is 2.46. The number of hydrogen-bond acceptors (Lipinski definition) is 3. The molecule has 0 bridgehead atoms. The highest BCUT2D eigenvalue weighted by molar-refractivity contribution is 7.14. The third-order valence-corrected chi connectivity index (χ3v) is 4.74. The minimum atomic E-state index is -0.143. The van der Waals surface area contributed by atoms with Crippen LogP contribution >= 0.6 is 11.3 Å². The average Bonchev–Trinajstić information content (AvgIpc) is 2.79. The van der Waals surface area contributed by atoms with Crippen LogP contribution in [0.4, 0.5) is 0 Å². The Bertz CT molecular complexity index is 457. The third-order valence-electron chi connectivity index (χ3n) is 3.50. The molecule has 1 aliphatic carbocycles. The first-order valence-electron chi connectivity index (χ1n) is 7.37. The van der Waals surface area contributed by atoms with Crippen LogP contribution in [0, 0.1) is 0 Å². The molecule has 1 aromatic heterocycles. The number of aryl methyl sites for hydroxylation is 2. The van der Waals surface area contributed by atoms with E-state index in [4.69, 9.17) is 0 Å². The molecule has 110 valence electrons. The van der Waals surface area contributed by atoms with Crippen LogP contribution in [0.15, 0.2) is 6.07 Å². The summed E-state index contributed by atoms with van der Waals surface area (Å²) in [6.07, 6.45) is 7.17. The van der Waals surface area contributed by atoms with Crippen molar-refractivity contribution < 1.29 is 9.59 Å². The van der Waals surface area contributed by atoms with Crippen molar-refractivity contribution in [3.63, 3.8) is 0 Å². The van der Waals surface area contributed by atoms with E-state index >= 15 is 0 Å². The summed E-state index contributed by atoms with van der Waals surface area (Å²) < 4.78 is 0. The highest BCUT2D eigenvalue weighted by Crippen LogP contribution is 2.28. The van der Waals surface area contributed by atoms with Gasteiger partial charge in [0.25, 0.3) is 5.91 Å². The molecule has 5 heteroatoms. The van der Waals surface area contributed by atoms with Crippen molar-refractivity contribution in [2.45, 2.75) is 45.4 Å². The zero-order valence-electron chi connectivity index (χ0n) is 12.0. The summed E-state index contributed by atoms with van der Waals surface area (Å²) in [5, 5.41) is 5.35. The third kappa shape index (κ3) is 4.07. The van der Waals surface area contributed by atoms with Crippen LogP contribution in [0.1, 0.15) is 52.7 Å². The molecule has 1 aliphatic rings. The zero-order chi connectivity index (χ0) is 14.4. The van der Waals surface area contributed by atoms with Gasteiger partial charge in [-0.25, -0.2) is 0 Å². The molecule has 0 atom stereocenters. The molecule has 0 saturated carbocycles. The molecule has 2 amide bonds. The zero-order valence-corrected chi connectivity index (χ0v) is 12.8. The molecule has 0 aromatic carbocycles. The Hall–Kier alpha value is -1.36. The number of thiophene rings is 1. The number of fused-ring (bicyclic) bond motifs is 1. The molecular weight excluding hydrogens is 272 g/mol. The lowest BCUT2D eigenvalue weighted by atomic mass is 10.00. The Kier molecular flexibility index (Phi) is 5.59. The van der Waals surface area contributed by atoms with Gasteiger partial charge in [0, 0.05) is 11.4 Å². The van der Waals surface area contributed by atoms with Gasteiger partial charge in [0.1, 0.15) is 0 Å². The summed E-state index contributed by atoms with van der Waals surface area (Å²) in [6, 6.07) is 2.01. The van der Waals surface area contributed by atoms with Crippen molar-refractivity contribution >= 4 is 23.2 Å². The number of carbonyl (C=O) groups is 2. The fourth-order valence-corrected chi connectivity index (χ4v) is 3.63. The van der Waals surface area contributed by atoms with Crippen LogP contribution in [0.5, 0.6) is 0 Å². The molecule has 2 rings (SSSR count). The van der Waals surface area contributed by atoms with Crippen molar-refractivity contribution in [2.24, 2.45) is 0 Å². The number of nitrogens with one attached hydrogen (secondary N) is 2. The predicted molar refractivity (Wildman–Crippen MR) is 81.2 cm³/mol. The van der Waals surface area contributed by atoms with Gasteiger partial charge < -0.3 is 10.6 Å². The van der Waals surface area contributed by atoms with E-state index in [1.807, 2.05) is 13.0 Å². The van der Waals surface area contributed by atoms with Crippen molar-refractivity contribution in [3.05, 3.63) is 21.4 Å². The lowest BCUT2D eigenvalue weighted by Gasteiger charge is -2.07. The summed E-state index contributed by atoms with van der Waals surface area (Å²) >= 11 is 1.59. The minimum Gasteiger partial charge on any atom is -0.355 e. The van der Waals surface area contributed by atoms with E-state index in [9.17, 15) is 9.59 Å². The van der Waals surface area contributed by atoms with Gasteiger partial charge in [-0.15, -0.1) is 11.3 Å². The molecule has 0 fully saturated rings. The second kappa shape index (κ2) is 7.43. The van der Waals surface area contributed by atoms with E-state index < -0.39 is 0 Å². The summed E-state index contributed by atoms with van der Waals surface area (Å²) in [4.78, 5) is 25.5. The average molecular weight is 294 g/mol. The molecule has 0 aliphatic heterocycles. The minimum absolute atomic E-state index is 0.0508. The van der Waals surface area contributed by atoms with Crippen molar-refractivity contribution in [3.8, 4) is 0 Å². The first-order valence-corrected chi connectivity index (χ1v) is 8.19. The van der Waals surface area contributed by atoms with Crippen LogP contribution < -0.4 is 10.6 Å². The van der Waals surface area contributed by atoms with Crippen LogP contribution in [0.3, 0.4) is 0 Å².